The number of amides is 1. The molecule has 0 fully saturated rings. The summed E-state index contributed by atoms with van der Waals surface area (Å²) >= 11 is 0. The molecule has 0 bridgehead atoms. The van der Waals surface area contributed by atoms with Gasteiger partial charge in [0, 0.05) is 31.1 Å². The molecule has 3 rings (SSSR count). The van der Waals surface area contributed by atoms with Crippen LogP contribution in [0.1, 0.15) is 27.3 Å². The maximum absolute atomic E-state index is 13.0. The van der Waals surface area contributed by atoms with E-state index in [-0.39, 0.29) is 16.4 Å². The van der Waals surface area contributed by atoms with Crippen molar-refractivity contribution in [2.24, 2.45) is 0 Å². The predicted octanol–water partition coefficient (Wildman–Crippen LogP) is 3.16. The quantitative estimate of drug-likeness (QED) is 0.663. The largest absolute Gasteiger partial charge is 0.337 e. The van der Waals surface area contributed by atoms with Crippen molar-refractivity contribution in [1.82, 2.24) is 14.7 Å². The number of hydrogen-bond acceptors (Lipinski definition) is 4. The van der Waals surface area contributed by atoms with E-state index in [0.29, 0.717) is 6.54 Å². The molecule has 0 atom stereocenters. The van der Waals surface area contributed by atoms with Crippen molar-refractivity contribution >= 4 is 15.7 Å². The molecule has 1 heterocycles. The Balaban J connectivity index is 1.92. The van der Waals surface area contributed by atoms with Gasteiger partial charge in [0.05, 0.1) is 21.8 Å². The first kappa shape index (κ1) is 19.8. The second-order valence-electron chi connectivity index (χ2n) is 6.83. The molecule has 28 heavy (non-hydrogen) atoms. The number of carbonyl (C=O) groups excluding carboxylic acids is 1. The average Bonchev–Trinajstić information content (AvgIpc) is 2.95. The Bertz CT molecular complexity index is 1120. The van der Waals surface area contributed by atoms with E-state index in [9.17, 15) is 13.2 Å². The van der Waals surface area contributed by atoms with Gasteiger partial charge in [-0.05, 0) is 38.1 Å². The van der Waals surface area contributed by atoms with E-state index in [4.69, 9.17) is 0 Å². The minimum atomic E-state index is -3.50. The van der Waals surface area contributed by atoms with Gasteiger partial charge in [0.1, 0.15) is 0 Å². The summed E-state index contributed by atoms with van der Waals surface area (Å²) < 4.78 is 25.9. The molecule has 7 heteroatoms. The van der Waals surface area contributed by atoms with Gasteiger partial charge in [0.25, 0.3) is 5.91 Å². The summed E-state index contributed by atoms with van der Waals surface area (Å²) in [7, 11) is -1.83. The van der Waals surface area contributed by atoms with E-state index in [1.165, 1.54) is 11.0 Å². The van der Waals surface area contributed by atoms with Crippen molar-refractivity contribution in [3.05, 3.63) is 77.1 Å². The van der Waals surface area contributed by atoms with Gasteiger partial charge in [-0.2, -0.15) is 5.10 Å². The van der Waals surface area contributed by atoms with Gasteiger partial charge >= 0.3 is 0 Å². The van der Waals surface area contributed by atoms with Crippen LogP contribution in [0.3, 0.4) is 0 Å². The van der Waals surface area contributed by atoms with Crippen molar-refractivity contribution in [3.8, 4) is 5.69 Å². The summed E-state index contributed by atoms with van der Waals surface area (Å²) in [5.41, 5.74) is 3.85. The lowest BCUT2D eigenvalue weighted by Gasteiger charge is -2.19. The Kier molecular flexibility index (Phi) is 5.38. The SMILES string of the molecule is Cc1nn(-c2ccccc2)c(C)c1CN(C)C(=O)c1ccccc1S(C)(=O)=O. The van der Waals surface area contributed by atoms with Crippen molar-refractivity contribution in [3.63, 3.8) is 0 Å². The number of carbonyl (C=O) groups is 1. The lowest BCUT2D eigenvalue weighted by atomic mass is 10.1. The van der Waals surface area contributed by atoms with Crippen LogP contribution in [0.15, 0.2) is 59.5 Å². The lowest BCUT2D eigenvalue weighted by molar-refractivity contribution is 0.0781. The van der Waals surface area contributed by atoms with Gasteiger partial charge in [-0.1, -0.05) is 30.3 Å². The number of nitrogens with zero attached hydrogens (tertiary/aromatic N) is 3. The predicted molar refractivity (Wildman–Crippen MR) is 108 cm³/mol. The van der Waals surface area contributed by atoms with Crippen LogP contribution in [0, 0.1) is 13.8 Å². The summed E-state index contributed by atoms with van der Waals surface area (Å²) in [4.78, 5) is 14.5. The molecule has 0 unspecified atom stereocenters. The van der Waals surface area contributed by atoms with Crippen LogP contribution in [0.2, 0.25) is 0 Å². The van der Waals surface area contributed by atoms with E-state index < -0.39 is 9.84 Å². The van der Waals surface area contributed by atoms with Crippen LogP contribution in [0.4, 0.5) is 0 Å². The summed E-state index contributed by atoms with van der Waals surface area (Å²) in [6.07, 6.45) is 1.11. The van der Waals surface area contributed by atoms with Crippen molar-refractivity contribution < 1.29 is 13.2 Å². The highest BCUT2D eigenvalue weighted by Gasteiger charge is 2.23. The Hall–Kier alpha value is -2.93. The fourth-order valence-corrected chi connectivity index (χ4v) is 4.09. The maximum Gasteiger partial charge on any atom is 0.255 e. The third kappa shape index (κ3) is 3.84. The zero-order chi connectivity index (χ0) is 20.5. The van der Waals surface area contributed by atoms with Crippen LogP contribution in [-0.4, -0.2) is 42.3 Å². The highest BCUT2D eigenvalue weighted by molar-refractivity contribution is 7.90. The Morgan fingerprint density at radius 1 is 1.04 bits per heavy atom. The van der Waals surface area contributed by atoms with E-state index in [0.717, 1.165) is 28.9 Å². The summed E-state index contributed by atoms with van der Waals surface area (Å²) in [5.74, 6) is -0.340. The van der Waals surface area contributed by atoms with Crippen LogP contribution in [0.5, 0.6) is 0 Å². The van der Waals surface area contributed by atoms with Crippen LogP contribution in [0.25, 0.3) is 5.69 Å². The summed E-state index contributed by atoms with van der Waals surface area (Å²) in [5, 5.41) is 4.61. The molecule has 0 aliphatic heterocycles. The topological polar surface area (TPSA) is 72.3 Å². The lowest BCUT2D eigenvalue weighted by Crippen LogP contribution is -2.28. The first-order chi connectivity index (χ1) is 13.2. The maximum atomic E-state index is 13.0. The number of rotatable bonds is 5. The van der Waals surface area contributed by atoms with Gasteiger partial charge in [-0.15, -0.1) is 0 Å². The second-order valence-corrected chi connectivity index (χ2v) is 8.81. The minimum absolute atomic E-state index is 0.0419. The number of benzene rings is 2. The normalized spacial score (nSPS) is 11.4. The Labute approximate surface area is 165 Å². The minimum Gasteiger partial charge on any atom is -0.337 e. The standard InChI is InChI=1S/C21H23N3O3S/c1-15-19(16(2)24(22-15)17-10-6-5-7-11-17)14-23(3)21(25)18-12-8-9-13-20(18)28(4,26)27/h5-13H,14H2,1-4H3. The molecule has 2 aromatic carbocycles. The van der Waals surface area contributed by atoms with Gasteiger partial charge in [0.15, 0.2) is 9.84 Å². The molecule has 0 aliphatic rings. The highest BCUT2D eigenvalue weighted by atomic mass is 32.2. The summed E-state index contributed by atoms with van der Waals surface area (Å²) in [6, 6.07) is 16.1. The van der Waals surface area contributed by atoms with E-state index in [1.54, 1.807) is 25.2 Å². The number of aryl methyl sites for hydroxylation is 1. The van der Waals surface area contributed by atoms with Crippen LogP contribution < -0.4 is 0 Å². The molecule has 1 amide bonds. The fourth-order valence-electron chi connectivity index (χ4n) is 3.21. The Morgan fingerprint density at radius 2 is 1.64 bits per heavy atom. The molecule has 0 radical (unpaired) electrons. The molecular formula is C21H23N3O3S. The second kappa shape index (κ2) is 7.59. The zero-order valence-corrected chi connectivity index (χ0v) is 17.2. The third-order valence-corrected chi connectivity index (χ3v) is 5.86. The molecule has 3 aromatic rings. The molecule has 0 saturated heterocycles. The Morgan fingerprint density at radius 3 is 2.29 bits per heavy atom. The number of hydrogen-bond donors (Lipinski definition) is 0. The number of para-hydroxylation sites is 1. The molecule has 0 aliphatic carbocycles. The van der Waals surface area contributed by atoms with Gasteiger partial charge in [-0.3, -0.25) is 4.79 Å². The van der Waals surface area contributed by atoms with Crippen molar-refractivity contribution in [2.45, 2.75) is 25.3 Å². The van der Waals surface area contributed by atoms with E-state index in [1.807, 2.05) is 48.9 Å². The van der Waals surface area contributed by atoms with Crippen molar-refractivity contribution in [2.75, 3.05) is 13.3 Å². The van der Waals surface area contributed by atoms with Gasteiger partial charge < -0.3 is 4.90 Å². The van der Waals surface area contributed by atoms with Crippen LogP contribution in [-0.2, 0) is 16.4 Å². The number of aromatic nitrogens is 2. The highest BCUT2D eigenvalue weighted by Crippen LogP contribution is 2.22. The third-order valence-electron chi connectivity index (χ3n) is 4.70. The average molecular weight is 398 g/mol. The van der Waals surface area contributed by atoms with Gasteiger partial charge in [-0.25, -0.2) is 13.1 Å². The monoisotopic (exact) mass is 397 g/mol. The van der Waals surface area contributed by atoms with E-state index in [2.05, 4.69) is 5.10 Å². The molecule has 0 N–H and O–H groups in total. The fraction of sp³-hybridized carbons (Fsp3) is 0.238. The molecule has 0 spiro atoms. The first-order valence-corrected chi connectivity index (χ1v) is 10.7. The van der Waals surface area contributed by atoms with Gasteiger partial charge in [0.2, 0.25) is 0 Å². The summed E-state index contributed by atoms with van der Waals surface area (Å²) in [6.45, 7) is 4.21. The molecule has 146 valence electrons. The molecule has 0 saturated carbocycles. The van der Waals surface area contributed by atoms with Crippen molar-refractivity contribution in [1.29, 1.82) is 0 Å². The molecule has 6 nitrogen and oxygen atoms in total. The number of sulfone groups is 1. The van der Waals surface area contributed by atoms with E-state index >= 15 is 0 Å². The molecule has 1 aromatic heterocycles. The molecular weight excluding hydrogens is 374 g/mol. The smallest absolute Gasteiger partial charge is 0.255 e. The van der Waals surface area contributed by atoms with Crippen LogP contribution >= 0.6 is 0 Å². The zero-order valence-electron chi connectivity index (χ0n) is 16.4. The first-order valence-electron chi connectivity index (χ1n) is 8.85.